The summed E-state index contributed by atoms with van der Waals surface area (Å²) in [5.74, 6) is 0.0451. The number of nitrogens with one attached hydrogen (secondary N) is 2. The van der Waals surface area contributed by atoms with Crippen LogP contribution in [-0.4, -0.2) is 17.9 Å². The van der Waals surface area contributed by atoms with Crippen LogP contribution in [-0.2, 0) is 16.1 Å². The van der Waals surface area contributed by atoms with Gasteiger partial charge in [-0.1, -0.05) is 19.1 Å². The zero-order chi connectivity index (χ0) is 15.4. The summed E-state index contributed by atoms with van der Waals surface area (Å²) in [5.41, 5.74) is 7.49. The van der Waals surface area contributed by atoms with Crippen LogP contribution in [0.1, 0.15) is 32.3 Å². The Kier molecular flexibility index (Phi) is 4.96. The molecule has 4 N–H and O–H groups in total. The van der Waals surface area contributed by atoms with Gasteiger partial charge in [-0.15, -0.1) is 0 Å². The highest BCUT2D eigenvalue weighted by Gasteiger charge is 2.29. The third-order valence-corrected chi connectivity index (χ3v) is 3.84. The largest absolute Gasteiger partial charge is 0.352 e. The first-order valence-corrected chi connectivity index (χ1v) is 7.40. The number of carbonyl (C=O) groups excluding carboxylic acids is 2. The third kappa shape index (κ3) is 4.56. The van der Waals surface area contributed by atoms with Crippen molar-refractivity contribution in [3.63, 3.8) is 0 Å². The molecule has 0 aromatic heterocycles. The maximum atomic E-state index is 11.8. The van der Waals surface area contributed by atoms with Gasteiger partial charge in [0.2, 0.25) is 11.8 Å². The minimum absolute atomic E-state index is 0.0453. The second-order valence-corrected chi connectivity index (χ2v) is 5.83. The van der Waals surface area contributed by atoms with E-state index in [2.05, 4.69) is 10.6 Å². The summed E-state index contributed by atoms with van der Waals surface area (Å²) in [6.07, 6.45) is 1.99. The summed E-state index contributed by atoms with van der Waals surface area (Å²) in [6.45, 7) is 4.10. The van der Waals surface area contributed by atoms with Crippen LogP contribution in [0.3, 0.4) is 0 Å². The third-order valence-electron chi connectivity index (χ3n) is 3.84. The maximum Gasteiger partial charge on any atom is 0.227 e. The number of rotatable bonds is 6. The molecule has 1 saturated carbocycles. The first-order chi connectivity index (χ1) is 9.97. The Bertz CT molecular complexity index is 507. The Labute approximate surface area is 125 Å². The van der Waals surface area contributed by atoms with E-state index in [1.54, 1.807) is 0 Å². The molecule has 0 heterocycles. The molecule has 5 nitrogen and oxygen atoms in total. The molecule has 21 heavy (non-hydrogen) atoms. The molecule has 1 fully saturated rings. The van der Waals surface area contributed by atoms with Crippen molar-refractivity contribution in [1.29, 1.82) is 0 Å². The number of benzene rings is 1. The van der Waals surface area contributed by atoms with E-state index >= 15 is 0 Å². The molecular formula is C16H23N3O2. The van der Waals surface area contributed by atoms with Crippen LogP contribution >= 0.6 is 0 Å². The molecule has 1 aromatic carbocycles. The topological polar surface area (TPSA) is 84.2 Å². The van der Waals surface area contributed by atoms with Crippen LogP contribution in [0.5, 0.6) is 0 Å². The fourth-order valence-electron chi connectivity index (χ4n) is 1.88. The van der Waals surface area contributed by atoms with E-state index in [4.69, 9.17) is 5.73 Å². The average molecular weight is 289 g/mol. The number of anilines is 1. The molecule has 2 atom stereocenters. The Morgan fingerprint density at radius 1 is 1.24 bits per heavy atom. The summed E-state index contributed by atoms with van der Waals surface area (Å²) in [6, 6.07) is 7.36. The maximum absolute atomic E-state index is 11.8. The lowest BCUT2D eigenvalue weighted by Crippen LogP contribution is -2.38. The monoisotopic (exact) mass is 289 g/mol. The summed E-state index contributed by atoms with van der Waals surface area (Å²) in [7, 11) is 0. The van der Waals surface area contributed by atoms with Crippen molar-refractivity contribution in [3.8, 4) is 0 Å². The van der Waals surface area contributed by atoms with Crippen molar-refractivity contribution in [2.45, 2.75) is 39.3 Å². The quantitative estimate of drug-likeness (QED) is 0.744. The van der Waals surface area contributed by atoms with Crippen molar-refractivity contribution in [1.82, 2.24) is 5.32 Å². The van der Waals surface area contributed by atoms with Gasteiger partial charge in [0.15, 0.2) is 0 Å². The minimum Gasteiger partial charge on any atom is -0.352 e. The van der Waals surface area contributed by atoms with Crippen LogP contribution in [0, 0.1) is 11.8 Å². The normalized spacial score (nSPS) is 16.9. The van der Waals surface area contributed by atoms with Gasteiger partial charge in [0.1, 0.15) is 0 Å². The van der Waals surface area contributed by atoms with E-state index in [1.807, 2.05) is 38.1 Å². The van der Waals surface area contributed by atoms with Crippen LogP contribution in [0.4, 0.5) is 5.69 Å². The van der Waals surface area contributed by atoms with Crippen molar-refractivity contribution in [2.24, 2.45) is 17.6 Å². The van der Waals surface area contributed by atoms with Crippen LogP contribution < -0.4 is 16.4 Å². The van der Waals surface area contributed by atoms with Gasteiger partial charge in [0, 0.05) is 30.1 Å². The summed E-state index contributed by atoms with van der Waals surface area (Å²) >= 11 is 0. The van der Waals surface area contributed by atoms with E-state index in [9.17, 15) is 9.59 Å². The van der Waals surface area contributed by atoms with Crippen LogP contribution in [0.15, 0.2) is 24.3 Å². The molecule has 0 spiro atoms. The van der Waals surface area contributed by atoms with E-state index in [0.29, 0.717) is 6.54 Å². The van der Waals surface area contributed by atoms with Gasteiger partial charge in [-0.3, -0.25) is 9.59 Å². The predicted molar refractivity (Wildman–Crippen MR) is 82.5 cm³/mol. The summed E-state index contributed by atoms with van der Waals surface area (Å²) in [5, 5.41) is 5.75. The van der Waals surface area contributed by atoms with E-state index in [-0.39, 0.29) is 29.7 Å². The standard InChI is InChI=1S/C16H23N3O2/c1-10(11(2)17)15(20)18-9-12-3-7-14(8-4-12)19-16(21)13-5-6-13/h3-4,7-8,10-11,13H,5-6,9,17H2,1-2H3,(H,18,20)(H,19,21). The highest BCUT2D eigenvalue weighted by molar-refractivity contribution is 5.94. The Morgan fingerprint density at radius 3 is 2.38 bits per heavy atom. The highest BCUT2D eigenvalue weighted by atomic mass is 16.2. The number of hydrogen-bond donors (Lipinski definition) is 3. The molecule has 1 aliphatic rings. The molecule has 2 amide bonds. The highest BCUT2D eigenvalue weighted by Crippen LogP contribution is 2.30. The van der Waals surface area contributed by atoms with Crippen molar-refractivity contribution in [3.05, 3.63) is 29.8 Å². The van der Waals surface area contributed by atoms with E-state index in [0.717, 1.165) is 24.1 Å². The smallest absolute Gasteiger partial charge is 0.227 e. The molecule has 0 saturated heterocycles. The molecule has 2 unspecified atom stereocenters. The van der Waals surface area contributed by atoms with Gasteiger partial charge in [-0.2, -0.15) is 0 Å². The van der Waals surface area contributed by atoms with Crippen molar-refractivity contribution in [2.75, 3.05) is 5.32 Å². The summed E-state index contributed by atoms with van der Waals surface area (Å²) < 4.78 is 0. The molecule has 5 heteroatoms. The SMILES string of the molecule is CC(N)C(C)C(=O)NCc1ccc(NC(=O)C2CC2)cc1. The van der Waals surface area contributed by atoms with Gasteiger partial charge in [0.05, 0.1) is 0 Å². The van der Waals surface area contributed by atoms with Crippen LogP contribution in [0.25, 0.3) is 0 Å². The molecule has 0 bridgehead atoms. The first kappa shape index (κ1) is 15.5. The fraction of sp³-hybridized carbons (Fsp3) is 0.500. The Morgan fingerprint density at radius 2 is 1.86 bits per heavy atom. The van der Waals surface area contributed by atoms with Crippen molar-refractivity contribution >= 4 is 17.5 Å². The van der Waals surface area contributed by atoms with Gasteiger partial charge < -0.3 is 16.4 Å². The van der Waals surface area contributed by atoms with Gasteiger partial charge in [-0.05, 0) is 37.5 Å². The Balaban J connectivity index is 1.81. The van der Waals surface area contributed by atoms with Gasteiger partial charge >= 0.3 is 0 Å². The van der Waals surface area contributed by atoms with Crippen LogP contribution in [0.2, 0.25) is 0 Å². The summed E-state index contributed by atoms with van der Waals surface area (Å²) in [4.78, 5) is 23.4. The lowest BCUT2D eigenvalue weighted by atomic mass is 10.0. The van der Waals surface area contributed by atoms with Gasteiger partial charge in [0.25, 0.3) is 0 Å². The number of carbonyl (C=O) groups is 2. The molecule has 1 aliphatic carbocycles. The molecule has 114 valence electrons. The van der Waals surface area contributed by atoms with E-state index < -0.39 is 0 Å². The molecule has 0 radical (unpaired) electrons. The zero-order valence-corrected chi connectivity index (χ0v) is 12.6. The lowest BCUT2D eigenvalue weighted by Gasteiger charge is -2.15. The second kappa shape index (κ2) is 6.72. The molecular weight excluding hydrogens is 266 g/mol. The number of hydrogen-bond acceptors (Lipinski definition) is 3. The molecule has 1 aromatic rings. The van der Waals surface area contributed by atoms with Crippen molar-refractivity contribution < 1.29 is 9.59 Å². The Hall–Kier alpha value is -1.88. The predicted octanol–water partition coefficient (Wildman–Crippen LogP) is 1.63. The first-order valence-electron chi connectivity index (χ1n) is 7.40. The molecule has 0 aliphatic heterocycles. The number of nitrogens with two attached hydrogens (primary N) is 1. The minimum atomic E-state index is -0.206. The number of amides is 2. The average Bonchev–Trinajstić information content (AvgIpc) is 3.29. The lowest BCUT2D eigenvalue weighted by molar-refractivity contribution is -0.125. The second-order valence-electron chi connectivity index (χ2n) is 5.83. The zero-order valence-electron chi connectivity index (χ0n) is 12.6. The molecule has 2 rings (SSSR count). The van der Waals surface area contributed by atoms with Gasteiger partial charge in [-0.25, -0.2) is 0 Å². The van der Waals surface area contributed by atoms with E-state index in [1.165, 1.54) is 0 Å². The fourth-order valence-corrected chi connectivity index (χ4v) is 1.88.